The number of hydrogen-bond donors (Lipinski definition) is 2. The molecule has 2 aromatic carbocycles. The molecular weight excluding hydrogens is 526 g/mol. The predicted molar refractivity (Wildman–Crippen MR) is 135 cm³/mol. The van der Waals surface area contributed by atoms with Crippen LogP contribution in [0, 0.1) is 6.92 Å². The highest BCUT2D eigenvalue weighted by molar-refractivity contribution is 8.01. The van der Waals surface area contributed by atoms with E-state index >= 15 is 0 Å². The second-order valence-corrected chi connectivity index (χ2v) is 10.1. The summed E-state index contributed by atoms with van der Waals surface area (Å²) in [5.74, 6) is 1.25. The number of halogens is 1. The Hall–Kier alpha value is -3.61. The first-order valence-corrected chi connectivity index (χ1v) is 12.8. The van der Waals surface area contributed by atoms with Crippen molar-refractivity contribution in [2.45, 2.75) is 17.8 Å². The van der Waals surface area contributed by atoms with Gasteiger partial charge in [-0.1, -0.05) is 64.1 Å². The lowest BCUT2D eigenvalue weighted by atomic mass is 10.1. The van der Waals surface area contributed by atoms with Gasteiger partial charge in [0.15, 0.2) is 15.8 Å². The van der Waals surface area contributed by atoms with Crippen molar-refractivity contribution in [1.82, 2.24) is 20.7 Å². The average Bonchev–Trinajstić information content (AvgIpc) is 3.61. The molecule has 0 atom stereocenters. The lowest BCUT2D eigenvalue weighted by molar-refractivity contribution is -0.118. The van der Waals surface area contributed by atoms with Gasteiger partial charge in [0.2, 0.25) is 17.8 Å². The standard InChI is InChI=1S/C23H18ClN5O5S2/c1-12-19(20(29-34-12)14-4-2-3-5-15(14)24)21(31)26-22-27-28-23(36-22)35-10-18(30)25-9-13-6-7-16-17(8-13)33-11-32-16/h2-8H,9-11H2,1H3,(H,25,30)(H,26,27,31). The minimum absolute atomic E-state index is 0.147. The Morgan fingerprint density at radius 1 is 1.14 bits per heavy atom. The fraction of sp³-hybridized carbons (Fsp3) is 0.174. The highest BCUT2D eigenvalue weighted by Crippen LogP contribution is 2.33. The van der Waals surface area contributed by atoms with Crippen LogP contribution in [0.15, 0.2) is 51.3 Å². The lowest BCUT2D eigenvalue weighted by Gasteiger charge is -2.05. The number of nitrogens with zero attached hydrogens (tertiary/aromatic N) is 3. The Morgan fingerprint density at radius 2 is 1.97 bits per heavy atom. The smallest absolute Gasteiger partial charge is 0.263 e. The first-order chi connectivity index (χ1) is 17.5. The van der Waals surface area contributed by atoms with E-state index in [1.165, 1.54) is 11.8 Å². The van der Waals surface area contributed by atoms with Gasteiger partial charge in [0.05, 0.1) is 10.8 Å². The van der Waals surface area contributed by atoms with Crippen LogP contribution in [0.3, 0.4) is 0 Å². The van der Waals surface area contributed by atoms with Crippen molar-refractivity contribution >= 4 is 51.6 Å². The highest BCUT2D eigenvalue weighted by Gasteiger charge is 2.24. The van der Waals surface area contributed by atoms with E-state index in [0.29, 0.717) is 44.4 Å². The molecule has 2 N–H and O–H groups in total. The zero-order chi connectivity index (χ0) is 25.1. The summed E-state index contributed by atoms with van der Waals surface area (Å²) < 4.78 is 16.4. The Bertz CT molecular complexity index is 1440. The number of carbonyl (C=O) groups excluding carboxylic acids is 2. The van der Waals surface area contributed by atoms with Crippen LogP contribution in [0.1, 0.15) is 21.7 Å². The lowest BCUT2D eigenvalue weighted by Crippen LogP contribution is -2.24. The summed E-state index contributed by atoms with van der Waals surface area (Å²) in [7, 11) is 0. The summed E-state index contributed by atoms with van der Waals surface area (Å²) in [6.07, 6.45) is 0. The normalized spacial score (nSPS) is 11.9. The van der Waals surface area contributed by atoms with E-state index in [9.17, 15) is 9.59 Å². The minimum atomic E-state index is -0.446. The summed E-state index contributed by atoms with van der Waals surface area (Å²) in [5.41, 5.74) is 2.09. The molecular formula is C23H18ClN5O5S2. The number of aryl methyl sites for hydroxylation is 1. The van der Waals surface area contributed by atoms with Crippen LogP contribution in [0.5, 0.6) is 11.5 Å². The van der Waals surface area contributed by atoms with Gasteiger partial charge >= 0.3 is 0 Å². The van der Waals surface area contributed by atoms with Crippen molar-refractivity contribution in [2.24, 2.45) is 0 Å². The molecule has 13 heteroatoms. The Morgan fingerprint density at radius 3 is 2.83 bits per heavy atom. The summed E-state index contributed by atoms with van der Waals surface area (Å²) in [6.45, 7) is 2.21. The molecule has 2 aromatic heterocycles. The third-order valence-corrected chi connectivity index (χ3v) is 7.40. The number of nitrogens with one attached hydrogen (secondary N) is 2. The number of rotatable bonds is 8. The van der Waals surface area contributed by atoms with E-state index in [4.69, 9.17) is 25.6 Å². The maximum absolute atomic E-state index is 13.0. The predicted octanol–water partition coefficient (Wildman–Crippen LogP) is 4.54. The molecule has 0 saturated heterocycles. The van der Waals surface area contributed by atoms with Crippen LogP contribution in [-0.2, 0) is 11.3 Å². The number of hydrogen-bond acceptors (Lipinski definition) is 10. The molecule has 0 spiro atoms. The summed E-state index contributed by atoms with van der Waals surface area (Å²) >= 11 is 8.65. The van der Waals surface area contributed by atoms with Crippen molar-refractivity contribution < 1.29 is 23.6 Å². The maximum atomic E-state index is 13.0. The minimum Gasteiger partial charge on any atom is -0.454 e. The third kappa shape index (κ3) is 5.30. The van der Waals surface area contributed by atoms with Gasteiger partial charge in [-0.25, -0.2) is 0 Å². The molecule has 2 amide bonds. The Kier molecular flexibility index (Phi) is 7.07. The Labute approximate surface area is 218 Å². The molecule has 0 fully saturated rings. The molecule has 3 heterocycles. The fourth-order valence-electron chi connectivity index (χ4n) is 3.38. The number of anilines is 1. The van der Waals surface area contributed by atoms with Crippen molar-refractivity contribution in [3.63, 3.8) is 0 Å². The largest absolute Gasteiger partial charge is 0.454 e. The highest BCUT2D eigenvalue weighted by atomic mass is 35.5. The Balaban J connectivity index is 1.16. The monoisotopic (exact) mass is 543 g/mol. The van der Waals surface area contributed by atoms with Crippen LogP contribution in [0.25, 0.3) is 11.3 Å². The van der Waals surface area contributed by atoms with E-state index in [0.717, 1.165) is 16.9 Å². The number of ether oxygens (including phenoxy) is 2. The molecule has 10 nitrogen and oxygen atoms in total. The zero-order valence-electron chi connectivity index (χ0n) is 18.7. The molecule has 0 unspecified atom stereocenters. The molecule has 36 heavy (non-hydrogen) atoms. The number of aromatic nitrogens is 3. The van der Waals surface area contributed by atoms with E-state index in [1.807, 2.05) is 18.2 Å². The molecule has 1 aliphatic rings. The molecule has 5 rings (SSSR count). The molecule has 0 aliphatic carbocycles. The molecule has 0 bridgehead atoms. The van der Waals surface area contributed by atoms with Gasteiger partial charge < -0.3 is 19.3 Å². The third-order valence-electron chi connectivity index (χ3n) is 5.10. The topological polar surface area (TPSA) is 128 Å². The van der Waals surface area contributed by atoms with Crippen molar-refractivity contribution in [2.75, 3.05) is 17.9 Å². The molecule has 1 aliphatic heterocycles. The molecule has 0 radical (unpaired) electrons. The molecule has 184 valence electrons. The second kappa shape index (κ2) is 10.6. The van der Waals surface area contributed by atoms with Crippen molar-refractivity contribution in [3.8, 4) is 22.8 Å². The fourth-order valence-corrected chi connectivity index (χ4v) is 5.19. The van der Waals surface area contributed by atoms with Crippen molar-refractivity contribution in [3.05, 3.63) is 64.4 Å². The van der Waals surface area contributed by atoms with Gasteiger partial charge in [-0.3, -0.25) is 14.9 Å². The average molecular weight is 544 g/mol. The maximum Gasteiger partial charge on any atom is 0.263 e. The quantitative estimate of drug-likeness (QED) is 0.243. The van der Waals surface area contributed by atoms with Gasteiger partial charge in [0.25, 0.3) is 5.91 Å². The van der Waals surface area contributed by atoms with Crippen LogP contribution < -0.4 is 20.1 Å². The van der Waals surface area contributed by atoms with E-state index < -0.39 is 5.91 Å². The number of fused-ring (bicyclic) bond motifs is 1. The summed E-state index contributed by atoms with van der Waals surface area (Å²) in [4.78, 5) is 25.2. The van der Waals surface area contributed by atoms with E-state index in [-0.39, 0.29) is 29.1 Å². The first kappa shape index (κ1) is 24.1. The summed E-state index contributed by atoms with van der Waals surface area (Å²) in [6, 6.07) is 12.6. The number of amides is 2. The second-order valence-electron chi connectivity index (χ2n) is 7.52. The van der Waals surface area contributed by atoms with E-state index in [1.54, 1.807) is 31.2 Å². The number of benzene rings is 2. The van der Waals surface area contributed by atoms with Gasteiger partial charge in [-0.2, -0.15) is 0 Å². The summed E-state index contributed by atoms with van der Waals surface area (Å²) in [5, 5.41) is 18.4. The molecule has 4 aromatic rings. The van der Waals surface area contributed by atoms with Crippen LogP contribution in [0.2, 0.25) is 5.02 Å². The van der Waals surface area contributed by atoms with Gasteiger partial charge in [0, 0.05) is 12.1 Å². The van der Waals surface area contributed by atoms with Gasteiger partial charge in [0.1, 0.15) is 17.0 Å². The van der Waals surface area contributed by atoms with E-state index in [2.05, 4.69) is 26.0 Å². The van der Waals surface area contributed by atoms with Crippen molar-refractivity contribution in [1.29, 1.82) is 0 Å². The van der Waals surface area contributed by atoms with Crippen LogP contribution in [-0.4, -0.2) is 39.7 Å². The van der Waals surface area contributed by atoms with Gasteiger partial charge in [-0.05, 0) is 30.7 Å². The van der Waals surface area contributed by atoms with Gasteiger partial charge in [-0.15, -0.1) is 10.2 Å². The van der Waals surface area contributed by atoms with Crippen LogP contribution >= 0.6 is 34.7 Å². The SMILES string of the molecule is Cc1onc(-c2ccccc2Cl)c1C(=O)Nc1nnc(SCC(=O)NCc2ccc3c(c2)OCO3)s1. The number of thioether (sulfide) groups is 1. The first-order valence-electron chi connectivity index (χ1n) is 10.6. The molecule has 0 saturated carbocycles. The zero-order valence-corrected chi connectivity index (χ0v) is 21.1. The number of carbonyl (C=O) groups is 2. The van der Waals surface area contributed by atoms with Crippen LogP contribution in [0.4, 0.5) is 5.13 Å².